The predicted molar refractivity (Wildman–Crippen MR) is 97.4 cm³/mol. The first-order valence-electron chi connectivity index (χ1n) is 8.67. The molecule has 1 aromatic heterocycles. The van der Waals surface area contributed by atoms with Crippen LogP contribution in [0, 0.1) is 0 Å². The van der Waals surface area contributed by atoms with Crippen molar-refractivity contribution in [3.05, 3.63) is 53.0 Å². The number of aliphatic hydroxyl groups is 1. The van der Waals surface area contributed by atoms with Gasteiger partial charge in [0.05, 0.1) is 17.7 Å². The van der Waals surface area contributed by atoms with Crippen LogP contribution >= 0.6 is 0 Å². The molecule has 1 saturated heterocycles. The number of aliphatic hydroxyl groups excluding tert-OH is 1. The highest BCUT2D eigenvalue weighted by atomic mass is 16.4. The van der Waals surface area contributed by atoms with Crippen molar-refractivity contribution in [2.24, 2.45) is 0 Å². The minimum Gasteiger partial charge on any atom is -0.462 e. The van der Waals surface area contributed by atoms with Crippen molar-refractivity contribution in [1.82, 2.24) is 10.6 Å². The van der Waals surface area contributed by atoms with Gasteiger partial charge in [-0.25, -0.2) is 0 Å². The smallest absolute Gasteiger partial charge is 0.252 e. The van der Waals surface area contributed by atoms with Crippen LogP contribution in [0.3, 0.4) is 0 Å². The van der Waals surface area contributed by atoms with E-state index in [2.05, 4.69) is 16.0 Å². The molecule has 2 heterocycles. The number of carbonyl (C=O) groups excluding carboxylic acids is 4. The number of furan rings is 1. The summed E-state index contributed by atoms with van der Waals surface area (Å²) in [6, 6.07) is 7.23. The fourth-order valence-electron chi connectivity index (χ4n) is 2.90. The number of aldehydes is 1. The third kappa shape index (κ3) is 4.26. The summed E-state index contributed by atoms with van der Waals surface area (Å²) < 4.78 is 5.37. The molecule has 1 aliphatic heterocycles. The van der Waals surface area contributed by atoms with Crippen molar-refractivity contribution in [3.63, 3.8) is 0 Å². The highest BCUT2D eigenvalue weighted by Gasteiger charge is 2.28. The summed E-state index contributed by atoms with van der Waals surface area (Å²) in [7, 11) is 0. The van der Waals surface area contributed by atoms with Crippen LogP contribution in [0.2, 0.25) is 0 Å². The van der Waals surface area contributed by atoms with E-state index in [0.29, 0.717) is 23.5 Å². The van der Waals surface area contributed by atoms with Crippen molar-refractivity contribution in [3.8, 4) is 0 Å². The first-order valence-corrected chi connectivity index (χ1v) is 8.67. The summed E-state index contributed by atoms with van der Waals surface area (Å²) in [4.78, 5) is 47.2. The SMILES string of the molecule is O=Cc1c(NCc2ccc(CO)o2)cccc1C(=O)NC1CCC(=O)NC1=O. The van der Waals surface area contributed by atoms with Gasteiger partial charge in [-0.05, 0) is 30.7 Å². The Labute approximate surface area is 160 Å². The van der Waals surface area contributed by atoms with Crippen LogP contribution in [-0.4, -0.2) is 35.2 Å². The van der Waals surface area contributed by atoms with E-state index in [1.54, 1.807) is 24.3 Å². The molecular formula is C19H19N3O6. The Balaban J connectivity index is 1.73. The number of benzene rings is 1. The summed E-state index contributed by atoms with van der Waals surface area (Å²) in [5.74, 6) is -0.550. The van der Waals surface area contributed by atoms with E-state index in [-0.39, 0.29) is 43.0 Å². The standard InChI is InChI=1S/C19H19N3O6/c23-9-12-5-4-11(28-12)8-20-15-3-1-2-13(14(15)10-24)18(26)21-16-6-7-17(25)22-19(16)27/h1-5,10,16,20,23H,6-9H2,(H,21,26)(H,22,25,27). The fourth-order valence-corrected chi connectivity index (χ4v) is 2.90. The largest absolute Gasteiger partial charge is 0.462 e. The summed E-state index contributed by atoms with van der Waals surface area (Å²) in [6.45, 7) is 0.0363. The van der Waals surface area contributed by atoms with Crippen molar-refractivity contribution in [1.29, 1.82) is 0 Å². The molecule has 9 nitrogen and oxygen atoms in total. The van der Waals surface area contributed by atoms with Gasteiger partial charge in [-0.1, -0.05) is 6.07 Å². The Kier molecular flexibility index (Phi) is 5.85. The van der Waals surface area contributed by atoms with Crippen LogP contribution in [0.4, 0.5) is 5.69 Å². The van der Waals surface area contributed by atoms with E-state index in [0.717, 1.165) is 0 Å². The number of amides is 3. The van der Waals surface area contributed by atoms with Crippen molar-refractivity contribution >= 4 is 29.7 Å². The topological polar surface area (TPSA) is 138 Å². The van der Waals surface area contributed by atoms with Gasteiger partial charge in [0, 0.05) is 12.1 Å². The van der Waals surface area contributed by atoms with Gasteiger partial charge in [0.25, 0.3) is 5.91 Å². The molecule has 0 spiro atoms. The average molecular weight is 385 g/mol. The van der Waals surface area contributed by atoms with Crippen molar-refractivity contribution in [2.75, 3.05) is 5.32 Å². The second kappa shape index (κ2) is 8.49. The zero-order valence-corrected chi connectivity index (χ0v) is 14.9. The summed E-state index contributed by atoms with van der Waals surface area (Å²) >= 11 is 0. The van der Waals surface area contributed by atoms with Gasteiger partial charge < -0.3 is 20.2 Å². The molecule has 0 aliphatic carbocycles. The number of hydrogen-bond acceptors (Lipinski definition) is 7. The molecule has 1 atom stereocenters. The molecule has 3 rings (SSSR count). The van der Waals surface area contributed by atoms with Crippen LogP contribution in [0.1, 0.15) is 45.1 Å². The van der Waals surface area contributed by atoms with E-state index in [1.807, 2.05) is 0 Å². The van der Waals surface area contributed by atoms with Crippen molar-refractivity contribution < 1.29 is 28.7 Å². The molecule has 146 valence electrons. The molecule has 9 heteroatoms. The average Bonchev–Trinajstić information content (AvgIpc) is 3.16. The normalized spacial score (nSPS) is 16.4. The molecule has 4 N–H and O–H groups in total. The van der Waals surface area contributed by atoms with Crippen LogP contribution in [-0.2, 0) is 22.7 Å². The van der Waals surface area contributed by atoms with Gasteiger partial charge in [0.2, 0.25) is 11.8 Å². The molecule has 1 unspecified atom stereocenters. The highest BCUT2D eigenvalue weighted by Crippen LogP contribution is 2.20. The summed E-state index contributed by atoms with van der Waals surface area (Å²) in [5.41, 5.74) is 0.675. The maximum atomic E-state index is 12.6. The number of piperidine rings is 1. The predicted octanol–water partition coefficient (Wildman–Crippen LogP) is 0.731. The number of hydrogen-bond donors (Lipinski definition) is 4. The molecule has 1 aliphatic rings. The molecule has 2 aromatic rings. The molecular weight excluding hydrogens is 366 g/mol. The molecule has 0 saturated carbocycles. The van der Waals surface area contributed by atoms with E-state index in [4.69, 9.17) is 9.52 Å². The highest BCUT2D eigenvalue weighted by molar-refractivity contribution is 6.07. The summed E-state index contributed by atoms with van der Waals surface area (Å²) in [5, 5.41) is 16.8. The second-order valence-electron chi connectivity index (χ2n) is 6.24. The molecule has 0 bridgehead atoms. The number of rotatable bonds is 7. The number of carbonyl (C=O) groups is 4. The lowest BCUT2D eigenvalue weighted by Gasteiger charge is -2.22. The quantitative estimate of drug-likeness (QED) is 0.407. The maximum absolute atomic E-state index is 12.6. The number of nitrogens with one attached hydrogen (secondary N) is 3. The lowest BCUT2D eigenvalue weighted by molar-refractivity contribution is -0.134. The maximum Gasteiger partial charge on any atom is 0.252 e. The van der Waals surface area contributed by atoms with E-state index in [9.17, 15) is 19.2 Å². The molecule has 3 amide bonds. The minimum atomic E-state index is -0.832. The van der Waals surface area contributed by atoms with Gasteiger partial charge in [0.15, 0.2) is 6.29 Å². The van der Waals surface area contributed by atoms with Crippen molar-refractivity contribution in [2.45, 2.75) is 32.0 Å². The van der Waals surface area contributed by atoms with Gasteiger partial charge in [-0.2, -0.15) is 0 Å². The molecule has 1 fully saturated rings. The van der Waals surface area contributed by atoms with Gasteiger partial charge in [0.1, 0.15) is 24.2 Å². The lowest BCUT2D eigenvalue weighted by Crippen LogP contribution is -2.52. The van der Waals surface area contributed by atoms with E-state index in [1.165, 1.54) is 6.07 Å². The Morgan fingerprint density at radius 3 is 2.71 bits per heavy atom. The first kappa shape index (κ1) is 19.3. The Hall–Kier alpha value is -3.46. The molecule has 0 radical (unpaired) electrons. The zero-order valence-electron chi connectivity index (χ0n) is 14.9. The van der Waals surface area contributed by atoms with Gasteiger partial charge >= 0.3 is 0 Å². The van der Waals surface area contributed by atoms with Crippen LogP contribution in [0.5, 0.6) is 0 Å². The van der Waals surface area contributed by atoms with Gasteiger partial charge in [-0.3, -0.25) is 24.5 Å². The Morgan fingerprint density at radius 1 is 1.25 bits per heavy atom. The minimum absolute atomic E-state index is 0.111. The Morgan fingerprint density at radius 2 is 2.04 bits per heavy atom. The Bertz CT molecular complexity index is 920. The zero-order chi connectivity index (χ0) is 20.1. The van der Waals surface area contributed by atoms with E-state index >= 15 is 0 Å². The lowest BCUT2D eigenvalue weighted by atomic mass is 10.0. The third-order valence-corrected chi connectivity index (χ3v) is 4.34. The number of anilines is 1. The van der Waals surface area contributed by atoms with Crippen LogP contribution in [0.25, 0.3) is 0 Å². The second-order valence-corrected chi connectivity index (χ2v) is 6.24. The first-order chi connectivity index (χ1) is 13.5. The molecule has 28 heavy (non-hydrogen) atoms. The van der Waals surface area contributed by atoms with Crippen LogP contribution < -0.4 is 16.0 Å². The fraction of sp³-hybridized carbons (Fsp3) is 0.263. The monoisotopic (exact) mass is 385 g/mol. The number of imide groups is 1. The van der Waals surface area contributed by atoms with Crippen LogP contribution in [0.15, 0.2) is 34.7 Å². The molecule has 1 aromatic carbocycles. The van der Waals surface area contributed by atoms with Gasteiger partial charge in [-0.15, -0.1) is 0 Å². The van der Waals surface area contributed by atoms with E-state index < -0.39 is 17.9 Å². The third-order valence-electron chi connectivity index (χ3n) is 4.34. The summed E-state index contributed by atoms with van der Waals surface area (Å²) in [6.07, 6.45) is 0.900.